The highest BCUT2D eigenvalue weighted by Crippen LogP contribution is 2.34. The van der Waals surface area contributed by atoms with Crippen molar-refractivity contribution in [1.82, 2.24) is 4.98 Å². The fraction of sp³-hybridized carbons (Fsp3) is 0.357. The van der Waals surface area contributed by atoms with Crippen LogP contribution in [-0.2, 0) is 6.42 Å². The smallest absolute Gasteiger partial charge is 0.123 e. The third kappa shape index (κ3) is 1.29. The van der Waals surface area contributed by atoms with Gasteiger partial charge in [-0.3, -0.25) is 4.98 Å². The van der Waals surface area contributed by atoms with Crippen molar-refractivity contribution in [2.75, 3.05) is 6.61 Å². The molecule has 0 unspecified atom stereocenters. The van der Waals surface area contributed by atoms with Crippen LogP contribution in [0.2, 0.25) is 0 Å². The lowest BCUT2D eigenvalue weighted by molar-refractivity contribution is 0.357. The average Bonchev–Trinajstić information content (AvgIpc) is 2.76. The van der Waals surface area contributed by atoms with E-state index in [2.05, 4.69) is 37.0 Å². The first-order valence-electron chi connectivity index (χ1n) is 5.80. The first kappa shape index (κ1) is 9.64. The van der Waals surface area contributed by atoms with E-state index in [1.54, 1.807) is 0 Å². The lowest BCUT2D eigenvalue weighted by Crippen LogP contribution is -1.94. The number of hydrogen-bond acceptors (Lipinski definition) is 2. The second kappa shape index (κ2) is 3.48. The van der Waals surface area contributed by atoms with E-state index in [0.29, 0.717) is 5.92 Å². The van der Waals surface area contributed by atoms with Crippen LogP contribution in [0.4, 0.5) is 0 Å². The first-order valence-corrected chi connectivity index (χ1v) is 5.80. The normalized spacial score (nSPS) is 14.2. The molecule has 2 aromatic rings. The minimum absolute atomic E-state index is 0.462. The molecule has 0 amide bonds. The van der Waals surface area contributed by atoms with Gasteiger partial charge in [-0.1, -0.05) is 13.8 Å². The lowest BCUT2D eigenvalue weighted by Gasteiger charge is -2.10. The van der Waals surface area contributed by atoms with Crippen LogP contribution in [0.3, 0.4) is 0 Å². The largest absolute Gasteiger partial charge is 0.493 e. The van der Waals surface area contributed by atoms with E-state index in [9.17, 15) is 0 Å². The zero-order valence-electron chi connectivity index (χ0n) is 9.66. The van der Waals surface area contributed by atoms with Crippen LogP contribution in [-0.4, -0.2) is 11.6 Å². The van der Waals surface area contributed by atoms with Crippen LogP contribution in [0.25, 0.3) is 10.8 Å². The summed E-state index contributed by atoms with van der Waals surface area (Å²) < 4.78 is 5.59. The molecule has 0 spiro atoms. The van der Waals surface area contributed by atoms with Gasteiger partial charge in [0.15, 0.2) is 0 Å². The van der Waals surface area contributed by atoms with Gasteiger partial charge in [-0.05, 0) is 29.5 Å². The number of nitrogens with zero attached hydrogens (tertiary/aromatic N) is 1. The lowest BCUT2D eigenvalue weighted by atomic mass is 9.98. The third-order valence-electron chi connectivity index (χ3n) is 3.20. The Kier molecular flexibility index (Phi) is 2.10. The summed E-state index contributed by atoms with van der Waals surface area (Å²) in [6.07, 6.45) is 2.94. The maximum atomic E-state index is 5.59. The summed E-state index contributed by atoms with van der Waals surface area (Å²) in [6.45, 7) is 5.19. The van der Waals surface area contributed by atoms with Gasteiger partial charge in [-0.15, -0.1) is 0 Å². The molecule has 2 heteroatoms. The van der Waals surface area contributed by atoms with Crippen LogP contribution >= 0.6 is 0 Å². The number of fused-ring (bicyclic) bond motifs is 3. The Morgan fingerprint density at radius 1 is 1.19 bits per heavy atom. The number of hydrogen-bond donors (Lipinski definition) is 0. The van der Waals surface area contributed by atoms with Crippen molar-refractivity contribution in [3.05, 3.63) is 35.7 Å². The molecule has 0 saturated carbocycles. The summed E-state index contributed by atoms with van der Waals surface area (Å²) in [5.41, 5.74) is 2.54. The molecular formula is C14H15NO. The fourth-order valence-corrected chi connectivity index (χ4v) is 2.44. The van der Waals surface area contributed by atoms with Crippen molar-refractivity contribution in [3.63, 3.8) is 0 Å². The van der Waals surface area contributed by atoms with E-state index < -0.39 is 0 Å². The highest BCUT2D eigenvalue weighted by Gasteiger charge is 2.17. The van der Waals surface area contributed by atoms with Gasteiger partial charge in [0.2, 0.25) is 0 Å². The molecule has 0 N–H and O–H groups in total. The predicted molar refractivity (Wildman–Crippen MR) is 65.0 cm³/mol. The molecule has 3 rings (SSSR count). The van der Waals surface area contributed by atoms with Crippen molar-refractivity contribution in [1.29, 1.82) is 0 Å². The molecule has 0 bridgehead atoms. The summed E-state index contributed by atoms with van der Waals surface area (Å²) in [6, 6.07) is 6.33. The Morgan fingerprint density at radius 3 is 2.88 bits per heavy atom. The zero-order valence-corrected chi connectivity index (χ0v) is 9.66. The molecular weight excluding hydrogens is 198 g/mol. The predicted octanol–water partition coefficient (Wildman–Crippen LogP) is 3.29. The number of benzene rings is 1. The van der Waals surface area contributed by atoms with Gasteiger partial charge in [-0.2, -0.15) is 0 Å². The van der Waals surface area contributed by atoms with Crippen molar-refractivity contribution in [2.45, 2.75) is 26.2 Å². The number of ether oxygens (including phenoxy) is 1. The molecule has 1 aliphatic rings. The van der Waals surface area contributed by atoms with Crippen molar-refractivity contribution in [3.8, 4) is 5.75 Å². The van der Waals surface area contributed by atoms with Crippen LogP contribution in [0.15, 0.2) is 24.4 Å². The highest BCUT2D eigenvalue weighted by molar-refractivity contribution is 5.90. The molecule has 1 aromatic carbocycles. The van der Waals surface area contributed by atoms with Gasteiger partial charge in [0, 0.05) is 23.6 Å². The summed E-state index contributed by atoms with van der Waals surface area (Å²) >= 11 is 0. The maximum absolute atomic E-state index is 5.59. The molecule has 0 radical (unpaired) electrons. The molecule has 16 heavy (non-hydrogen) atoms. The monoisotopic (exact) mass is 213 g/mol. The van der Waals surface area contributed by atoms with Crippen LogP contribution in [0.5, 0.6) is 5.75 Å². The van der Waals surface area contributed by atoms with Gasteiger partial charge in [-0.25, -0.2) is 0 Å². The summed E-state index contributed by atoms with van der Waals surface area (Å²) in [5.74, 6) is 1.51. The Bertz CT molecular complexity index is 546. The van der Waals surface area contributed by atoms with E-state index >= 15 is 0 Å². The van der Waals surface area contributed by atoms with Crippen molar-refractivity contribution in [2.24, 2.45) is 0 Å². The summed E-state index contributed by atoms with van der Waals surface area (Å²) in [4.78, 5) is 4.49. The van der Waals surface area contributed by atoms with Gasteiger partial charge in [0.1, 0.15) is 5.75 Å². The van der Waals surface area contributed by atoms with E-state index in [4.69, 9.17) is 4.74 Å². The molecule has 2 heterocycles. The minimum Gasteiger partial charge on any atom is -0.493 e. The minimum atomic E-state index is 0.462. The Morgan fingerprint density at radius 2 is 2.06 bits per heavy atom. The second-order valence-electron chi connectivity index (χ2n) is 4.59. The molecule has 2 nitrogen and oxygen atoms in total. The van der Waals surface area contributed by atoms with E-state index in [0.717, 1.165) is 18.8 Å². The Labute approximate surface area is 95.3 Å². The molecule has 0 atom stereocenters. The van der Waals surface area contributed by atoms with Crippen LogP contribution < -0.4 is 4.74 Å². The maximum Gasteiger partial charge on any atom is 0.123 e. The first-order chi connectivity index (χ1) is 7.77. The molecule has 1 aliphatic heterocycles. The van der Waals surface area contributed by atoms with Gasteiger partial charge >= 0.3 is 0 Å². The van der Waals surface area contributed by atoms with Gasteiger partial charge < -0.3 is 4.74 Å². The quantitative estimate of drug-likeness (QED) is 0.725. The third-order valence-corrected chi connectivity index (χ3v) is 3.20. The Balaban J connectivity index is 2.35. The summed E-state index contributed by atoms with van der Waals surface area (Å²) in [5, 5.41) is 2.59. The second-order valence-corrected chi connectivity index (χ2v) is 4.59. The molecule has 82 valence electrons. The SMILES string of the molecule is CC(C)c1nccc2c3c(ccc12)OCC3. The van der Waals surface area contributed by atoms with Crippen molar-refractivity contribution >= 4 is 10.8 Å². The van der Waals surface area contributed by atoms with E-state index in [1.165, 1.54) is 22.0 Å². The topological polar surface area (TPSA) is 22.1 Å². The Hall–Kier alpha value is -1.57. The fourth-order valence-electron chi connectivity index (χ4n) is 2.44. The summed E-state index contributed by atoms with van der Waals surface area (Å²) in [7, 11) is 0. The highest BCUT2D eigenvalue weighted by atomic mass is 16.5. The van der Waals surface area contributed by atoms with Crippen LogP contribution in [0, 0.1) is 0 Å². The van der Waals surface area contributed by atoms with Crippen molar-refractivity contribution < 1.29 is 4.74 Å². The molecule has 0 saturated heterocycles. The standard InChI is InChI=1S/C14H15NO/c1-9(2)14-12-3-4-13-11(6-8-16-13)10(12)5-7-15-14/h3-5,7,9H,6,8H2,1-2H3. The molecule has 1 aromatic heterocycles. The van der Waals surface area contributed by atoms with Gasteiger partial charge in [0.05, 0.1) is 12.3 Å². The number of rotatable bonds is 1. The average molecular weight is 213 g/mol. The molecule has 0 fully saturated rings. The zero-order chi connectivity index (χ0) is 11.1. The van der Waals surface area contributed by atoms with Gasteiger partial charge in [0.25, 0.3) is 0 Å². The number of pyridine rings is 1. The van der Waals surface area contributed by atoms with Crippen LogP contribution in [0.1, 0.15) is 31.0 Å². The van der Waals surface area contributed by atoms with E-state index in [1.807, 2.05) is 6.20 Å². The number of aromatic nitrogens is 1. The van der Waals surface area contributed by atoms with E-state index in [-0.39, 0.29) is 0 Å². The molecule has 0 aliphatic carbocycles.